The van der Waals surface area contributed by atoms with Gasteiger partial charge in [0.05, 0.1) is 42.7 Å². The van der Waals surface area contributed by atoms with Crippen LogP contribution in [0.15, 0.2) is 73.1 Å². The summed E-state index contributed by atoms with van der Waals surface area (Å²) in [6.07, 6.45) is 3.92. The quantitative estimate of drug-likeness (QED) is 0.306. The molecule has 0 saturated carbocycles. The summed E-state index contributed by atoms with van der Waals surface area (Å²) in [5.74, 6) is -0.213. The number of ether oxygens (including phenoxy) is 1. The number of carbonyl (C=O) groups excluding carboxylic acids is 1. The van der Waals surface area contributed by atoms with E-state index >= 15 is 0 Å². The Balaban J connectivity index is 1.25. The Morgan fingerprint density at radius 1 is 1.18 bits per heavy atom. The Morgan fingerprint density at radius 3 is 2.87 bits per heavy atom. The number of hydrogen-bond donors (Lipinski definition) is 1. The Morgan fingerprint density at radius 2 is 2.05 bits per heavy atom. The Kier molecular flexibility index (Phi) is 6.13. The number of nitrogens with zero attached hydrogens (tertiary/aromatic N) is 4. The molecule has 1 aliphatic rings. The average molecular weight is 516 g/mol. The van der Waals surface area contributed by atoms with Gasteiger partial charge in [-0.25, -0.2) is 4.98 Å². The third-order valence-corrected chi connectivity index (χ3v) is 7.52. The highest BCUT2D eigenvalue weighted by Crippen LogP contribution is 2.33. The van der Waals surface area contributed by atoms with E-state index < -0.39 is 5.41 Å². The number of benzene rings is 2. The van der Waals surface area contributed by atoms with Crippen molar-refractivity contribution in [3.63, 3.8) is 0 Å². The van der Waals surface area contributed by atoms with Gasteiger partial charge >= 0.3 is 0 Å². The lowest BCUT2D eigenvalue weighted by Crippen LogP contribution is -2.33. The monoisotopic (exact) mass is 515 g/mol. The zero-order chi connectivity index (χ0) is 27.1. The number of rotatable bonds is 5. The van der Waals surface area contributed by atoms with Crippen LogP contribution in [0.1, 0.15) is 54.0 Å². The van der Waals surface area contributed by atoms with Crippen molar-refractivity contribution in [3.8, 4) is 17.3 Å². The number of hydrogen-bond acceptors (Lipinski definition) is 5. The number of aromatic nitrogens is 3. The molecule has 0 spiro atoms. The maximum atomic E-state index is 13.0. The van der Waals surface area contributed by atoms with Gasteiger partial charge < -0.3 is 14.6 Å². The Labute approximate surface area is 227 Å². The van der Waals surface area contributed by atoms with Gasteiger partial charge in [0, 0.05) is 45.9 Å². The van der Waals surface area contributed by atoms with Crippen molar-refractivity contribution in [3.05, 3.63) is 95.4 Å². The number of pyridine rings is 2. The zero-order valence-electron chi connectivity index (χ0n) is 22.2. The van der Waals surface area contributed by atoms with Crippen LogP contribution in [0.2, 0.25) is 0 Å². The molecule has 0 fully saturated rings. The molecular weight excluding hydrogens is 486 g/mol. The number of nitrogens with one attached hydrogen (secondary N) is 1. The van der Waals surface area contributed by atoms with Crippen LogP contribution >= 0.6 is 0 Å². The summed E-state index contributed by atoms with van der Waals surface area (Å²) < 4.78 is 7.84. The van der Waals surface area contributed by atoms with Gasteiger partial charge in [0.1, 0.15) is 5.41 Å². The highest BCUT2D eigenvalue weighted by atomic mass is 16.5. The van der Waals surface area contributed by atoms with E-state index in [2.05, 4.69) is 65.2 Å². The molecule has 2 aromatic carbocycles. The number of carbonyl (C=O) groups is 1. The first kappa shape index (κ1) is 24.8. The van der Waals surface area contributed by atoms with Gasteiger partial charge in [-0.2, -0.15) is 5.26 Å². The largest absolute Gasteiger partial charge is 0.375 e. The fraction of sp³-hybridized carbons (Fsp3) is 0.250. The van der Waals surface area contributed by atoms with Gasteiger partial charge in [0.25, 0.3) is 5.91 Å². The molecule has 4 heterocycles. The zero-order valence-corrected chi connectivity index (χ0v) is 22.2. The lowest BCUT2D eigenvalue weighted by molar-refractivity contribution is 0.0757. The molecule has 6 rings (SSSR count). The van der Waals surface area contributed by atoms with E-state index in [-0.39, 0.29) is 12.5 Å². The topological polar surface area (TPSA) is 92.8 Å². The molecule has 0 radical (unpaired) electrons. The first-order valence-electron chi connectivity index (χ1n) is 13.1. The normalized spacial score (nSPS) is 16.8. The Bertz CT molecular complexity index is 1780. The summed E-state index contributed by atoms with van der Waals surface area (Å²) in [6, 6.07) is 22.6. The first-order chi connectivity index (χ1) is 18.9. The summed E-state index contributed by atoms with van der Waals surface area (Å²) in [4.78, 5) is 22.5. The van der Waals surface area contributed by atoms with Crippen molar-refractivity contribution in [1.29, 1.82) is 5.26 Å². The van der Waals surface area contributed by atoms with Crippen LogP contribution in [-0.4, -0.2) is 27.0 Å². The molecule has 1 N–H and O–H groups in total. The van der Waals surface area contributed by atoms with Crippen molar-refractivity contribution in [2.24, 2.45) is 0 Å². The van der Waals surface area contributed by atoms with Gasteiger partial charge in [-0.1, -0.05) is 18.2 Å². The SMILES string of the molecule is CC(C)n1ccc2c(-c3ccc4cnc(CNC(=O)c5ccc6c(c5)[C@](C)(C#N)COC6)cc4n3)cccc21. The second-order valence-corrected chi connectivity index (χ2v) is 10.6. The summed E-state index contributed by atoms with van der Waals surface area (Å²) in [7, 11) is 0. The van der Waals surface area contributed by atoms with Crippen LogP contribution in [0.5, 0.6) is 0 Å². The summed E-state index contributed by atoms with van der Waals surface area (Å²) >= 11 is 0. The lowest BCUT2D eigenvalue weighted by Gasteiger charge is -2.30. The standard InChI is InChI=1S/C32H29N5O2/c1-20(2)37-12-11-26-25(5-4-6-30(26)37)28-10-9-22-15-34-24(14-29(22)36-28)16-35-31(38)21-7-8-23-17-39-19-32(3,18-33)27(23)13-21/h4-15,20H,16-17,19H2,1-3H3,(H,35,38)/t32-/m1/s1. The smallest absolute Gasteiger partial charge is 0.251 e. The van der Waals surface area contributed by atoms with Gasteiger partial charge in [-0.05, 0) is 74.4 Å². The van der Waals surface area contributed by atoms with Crippen molar-refractivity contribution >= 4 is 27.7 Å². The van der Waals surface area contributed by atoms with Crippen LogP contribution in [0.3, 0.4) is 0 Å². The molecule has 0 unspecified atom stereocenters. The van der Waals surface area contributed by atoms with E-state index in [1.807, 2.05) is 37.3 Å². The minimum atomic E-state index is -0.769. The number of nitriles is 1. The second-order valence-electron chi connectivity index (χ2n) is 10.6. The first-order valence-corrected chi connectivity index (χ1v) is 13.1. The highest BCUT2D eigenvalue weighted by molar-refractivity contribution is 5.96. The minimum Gasteiger partial charge on any atom is -0.375 e. The maximum absolute atomic E-state index is 13.0. The van der Waals surface area contributed by atoms with E-state index in [9.17, 15) is 10.1 Å². The molecule has 3 aromatic heterocycles. The average Bonchev–Trinajstić information content (AvgIpc) is 3.40. The minimum absolute atomic E-state index is 0.213. The van der Waals surface area contributed by atoms with Crippen LogP contribution in [-0.2, 0) is 23.3 Å². The molecule has 194 valence electrons. The predicted molar refractivity (Wildman–Crippen MR) is 151 cm³/mol. The molecule has 0 bridgehead atoms. The summed E-state index contributed by atoms with van der Waals surface area (Å²) in [6.45, 7) is 7.23. The van der Waals surface area contributed by atoms with E-state index in [1.54, 1.807) is 12.3 Å². The van der Waals surface area contributed by atoms with E-state index in [1.165, 1.54) is 10.9 Å². The maximum Gasteiger partial charge on any atom is 0.251 e. The molecule has 1 aliphatic heterocycles. The fourth-order valence-corrected chi connectivity index (χ4v) is 5.33. The van der Waals surface area contributed by atoms with Gasteiger partial charge in [-0.15, -0.1) is 0 Å². The third kappa shape index (κ3) is 4.43. The van der Waals surface area contributed by atoms with Gasteiger partial charge in [0.2, 0.25) is 0 Å². The molecule has 7 nitrogen and oxygen atoms in total. The number of fused-ring (bicyclic) bond motifs is 3. The summed E-state index contributed by atoms with van der Waals surface area (Å²) in [5.41, 5.74) is 6.25. The van der Waals surface area contributed by atoms with Gasteiger partial charge in [-0.3, -0.25) is 9.78 Å². The van der Waals surface area contributed by atoms with Crippen LogP contribution in [0.25, 0.3) is 33.1 Å². The van der Waals surface area contributed by atoms with Crippen LogP contribution < -0.4 is 5.32 Å². The molecule has 0 aliphatic carbocycles. The van der Waals surface area contributed by atoms with Crippen LogP contribution in [0, 0.1) is 11.3 Å². The van der Waals surface area contributed by atoms with Crippen LogP contribution in [0.4, 0.5) is 0 Å². The van der Waals surface area contributed by atoms with Crippen molar-refractivity contribution < 1.29 is 9.53 Å². The van der Waals surface area contributed by atoms with Crippen molar-refractivity contribution in [1.82, 2.24) is 19.9 Å². The second kappa shape index (κ2) is 9.64. The fourth-order valence-electron chi connectivity index (χ4n) is 5.33. The molecule has 39 heavy (non-hydrogen) atoms. The molecule has 1 amide bonds. The van der Waals surface area contributed by atoms with Crippen molar-refractivity contribution in [2.75, 3.05) is 6.61 Å². The van der Waals surface area contributed by atoms with Crippen molar-refractivity contribution in [2.45, 2.75) is 45.4 Å². The predicted octanol–water partition coefficient (Wildman–Crippen LogP) is 6.07. The molecular formula is C32H29N5O2. The lowest BCUT2D eigenvalue weighted by atomic mass is 9.79. The van der Waals surface area contributed by atoms with E-state index in [0.717, 1.165) is 39.0 Å². The van der Waals surface area contributed by atoms with E-state index in [4.69, 9.17) is 9.72 Å². The summed E-state index contributed by atoms with van der Waals surface area (Å²) in [5, 5.41) is 14.8. The van der Waals surface area contributed by atoms with E-state index in [0.29, 0.717) is 24.8 Å². The molecule has 1 atom stereocenters. The number of amides is 1. The third-order valence-electron chi connectivity index (χ3n) is 7.52. The molecule has 5 aromatic rings. The molecule has 7 heteroatoms. The molecule has 0 saturated heterocycles. The highest BCUT2D eigenvalue weighted by Gasteiger charge is 2.33. The Hall–Kier alpha value is -4.54. The van der Waals surface area contributed by atoms with Gasteiger partial charge in [0.15, 0.2) is 0 Å².